The normalized spacial score (nSPS) is 12.6. The van der Waals surface area contributed by atoms with Crippen LogP contribution in [0.15, 0.2) is 15.4 Å². The minimum Gasteiger partial charge on any atom is -0.464 e. The van der Waals surface area contributed by atoms with Gasteiger partial charge in [0.15, 0.2) is 0 Å². The largest absolute Gasteiger partial charge is 0.464 e. The van der Waals surface area contributed by atoms with Gasteiger partial charge in [-0.05, 0) is 40.8 Å². The van der Waals surface area contributed by atoms with E-state index in [2.05, 4.69) is 23.5 Å². The van der Waals surface area contributed by atoms with Crippen LogP contribution in [0.5, 0.6) is 0 Å². The van der Waals surface area contributed by atoms with Crippen molar-refractivity contribution in [1.82, 2.24) is 9.62 Å². The smallest absolute Gasteiger partial charge is 0.244 e. The van der Waals surface area contributed by atoms with E-state index in [9.17, 15) is 8.42 Å². The zero-order valence-electron chi connectivity index (χ0n) is 12.6. The van der Waals surface area contributed by atoms with Crippen LogP contribution < -0.4 is 10.5 Å². The summed E-state index contributed by atoms with van der Waals surface area (Å²) in [5.74, 6) is 0.847. The van der Waals surface area contributed by atoms with Gasteiger partial charge in [-0.3, -0.25) is 0 Å². The highest BCUT2D eigenvalue weighted by Crippen LogP contribution is 2.19. The topological polar surface area (TPSA) is 88.6 Å². The molecular weight excluding hydrogens is 278 g/mol. The van der Waals surface area contributed by atoms with Gasteiger partial charge in [-0.1, -0.05) is 0 Å². The summed E-state index contributed by atoms with van der Waals surface area (Å²) in [4.78, 5) is 2.35. The van der Waals surface area contributed by atoms with Gasteiger partial charge in [0.1, 0.15) is 16.4 Å². The molecule has 0 aliphatic rings. The Bertz CT molecular complexity index is 523. The second-order valence-corrected chi connectivity index (χ2v) is 6.90. The molecule has 0 fully saturated rings. The van der Waals surface area contributed by atoms with E-state index in [1.165, 1.54) is 6.07 Å². The highest BCUT2D eigenvalue weighted by atomic mass is 32.2. The summed E-state index contributed by atoms with van der Waals surface area (Å²) in [7, 11) is -1.50. The predicted molar refractivity (Wildman–Crippen MR) is 78.9 cm³/mol. The molecule has 0 radical (unpaired) electrons. The first-order valence-corrected chi connectivity index (χ1v) is 8.25. The molecule has 7 heteroatoms. The molecule has 0 saturated heterocycles. The third-order valence-corrected chi connectivity index (χ3v) is 4.84. The number of furan rings is 1. The molecule has 0 atom stereocenters. The Morgan fingerprint density at radius 2 is 2.10 bits per heavy atom. The van der Waals surface area contributed by atoms with Gasteiger partial charge < -0.3 is 15.1 Å². The first-order valence-electron chi connectivity index (χ1n) is 6.77. The summed E-state index contributed by atoms with van der Waals surface area (Å²) < 4.78 is 32.1. The van der Waals surface area contributed by atoms with Gasteiger partial charge in [0.05, 0.1) is 6.54 Å². The molecule has 3 N–H and O–H groups in total. The molecule has 0 amide bonds. The van der Waals surface area contributed by atoms with Gasteiger partial charge in [0.25, 0.3) is 0 Å². The van der Waals surface area contributed by atoms with Gasteiger partial charge in [-0.15, -0.1) is 0 Å². The average Bonchev–Trinajstić information content (AvgIpc) is 2.76. The second-order valence-electron chi connectivity index (χ2n) is 5.16. The maximum Gasteiger partial charge on any atom is 0.244 e. The van der Waals surface area contributed by atoms with Crippen LogP contribution in [0.4, 0.5) is 0 Å². The lowest BCUT2D eigenvalue weighted by Gasteiger charge is -2.20. The number of nitrogens with two attached hydrogens (primary N) is 1. The van der Waals surface area contributed by atoms with Crippen molar-refractivity contribution in [2.24, 2.45) is 5.73 Å². The SMILES string of the molecule is Cc1oc(CN)cc1S(=O)(=O)NCCCN(C)C(C)C. The van der Waals surface area contributed by atoms with Crippen LogP contribution in [-0.2, 0) is 16.6 Å². The summed E-state index contributed by atoms with van der Waals surface area (Å²) >= 11 is 0. The fraction of sp³-hybridized carbons (Fsp3) is 0.692. The number of nitrogens with one attached hydrogen (secondary N) is 1. The van der Waals surface area contributed by atoms with Crippen molar-refractivity contribution in [3.05, 3.63) is 17.6 Å². The van der Waals surface area contributed by atoms with E-state index in [1.807, 2.05) is 7.05 Å². The molecule has 1 heterocycles. The Hall–Kier alpha value is -0.890. The van der Waals surface area contributed by atoms with E-state index in [1.54, 1.807) is 6.92 Å². The summed E-state index contributed by atoms with van der Waals surface area (Å²) in [6.45, 7) is 7.27. The van der Waals surface area contributed by atoms with E-state index >= 15 is 0 Å². The van der Waals surface area contributed by atoms with E-state index < -0.39 is 10.0 Å². The minimum absolute atomic E-state index is 0.176. The van der Waals surface area contributed by atoms with Gasteiger partial charge in [-0.2, -0.15) is 0 Å². The molecule has 20 heavy (non-hydrogen) atoms. The number of rotatable bonds is 8. The van der Waals surface area contributed by atoms with Crippen LogP contribution in [0.1, 0.15) is 31.8 Å². The lowest BCUT2D eigenvalue weighted by molar-refractivity contribution is 0.271. The third kappa shape index (κ3) is 4.59. The van der Waals surface area contributed by atoms with Crippen molar-refractivity contribution >= 4 is 10.0 Å². The molecule has 0 bridgehead atoms. The highest BCUT2D eigenvalue weighted by Gasteiger charge is 2.20. The van der Waals surface area contributed by atoms with E-state index in [-0.39, 0.29) is 11.4 Å². The molecule has 1 aromatic rings. The number of hydrogen-bond acceptors (Lipinski definition) is 5. The quantitative estimate of drug-likeness (QED) is 0.701. The summed E-state index contributed by atoms with van der Waals surface area (Å²) in [6.07, 6.45) is 0.758. The fourth-order valence-corrected chi connectivity index (χ4v) is 3.04. The first-order chi connectivity index (χ1) is 9.27. The number of hydrogen-bond donors (Lipinski definition) is 2. The highest BCUT2D eigenvalue weighted by molar-refractivity contribution is 7.89. The first kappa shape index (κ1) is 17.2. The second kappa shape index (κ2) is 7.21. The minimum atomic E-state index is -3.52. The van der Waals surface area contributed by atoms with Crippen LogP contribution >= 0.6 is 0 Å². The zero-order valence-corrected chi connectivity index (χ0v) is 13.5. The standard InChI is InChI=1S/C13H25N3O3S/c1-10(2)16(4)7-5-6-15-20(17,18)13-8-12(9-14)19-11(13)3/h8,10,15H,5-7,9,14H2,1-4H3. The predicted octanol–water partition coefficient (Wildman–Crippen LogP) is 1.06. The van der Waals surface area contributed by atoms with Crippen LogP contribution in [-0.4, -0.2) is 39.5 Å². The summed E-state index contributed by atoms with van der Waals surface area (Å²) in [5, 5.41) is 0. The van der Waals surface area contributed by atoms with Crippen molar-refractivity contribution < 1.29 is 12.8 Å². The number of aryl methyl sites for hydroxylation is 1. The average molecular weight is 303 g/mol. The fourth-order valence-electron chi connectivity index (χ4n) is 1.76. The lowest BCUT2D eigenvalue weighted by atomic mass is 10.3. The van der Waals surface area contributed by atoms with Crippen molar-refractivity contribution in [2.45, 2.75) is 44.7 Å². The van der Waals surface area contributed by atoms with E-state index in [4.69, 9.17) is 10.2 Å². The molecule has 0 spiro atoms. The summed E-state index contributed by atoms with van der Waals surface area (Å²) in [5.41, 5.74) is 5.44. The van der Waals surface area contributed by atoms with Crippen LogP contribution in [0.2, 0.25) is 0 Å². The molecule has 0 aromatic carbocycles. The Labute approximate surface area is 121 Å². The molecule has 0 aliphatic carbocycles. The lowest BCUT2D eigenvalue weighted by Crippen LogP contribution is -2.31. The molecule has 1 aromatic heterocycles. The van der Waals surface area contributed by atoms with Crippen LogP contribution in [0.25, 0.3) is 0 Å². The molecule has 0 unspecified atom stereocenters. The van der Waals surface area contributed by atoms with Crippen molar-refractivity contribution in [3.63, 3.8) is 0 Å². The Morgan fingerprint density at radius 3 is 2.60 bits per heavy atom. The van der Waals surface area contributed by atoms with Gasteiger partial charge in [0.2, 0.25) is 10.0 Å². The van der Waals surface area contributed by atoms with Crippen LogP contribution in [0.3, 0.4) is 0 Å². The molecular formula is C13H25N3O3S. The van der Waals surface area contributed by atoms with E-state index in [0.29, 0.717) is 24.1 Å². The summed E-state index contributed by atoms with van der Waals surface area (Å²) in [6, 6.07) is 1.94. The van der Waals surface area contributed by atoms with Crippen molar-refractivity contribution in [2.75, 3.05) is 20.1 Å². The molecule has 116 valence electrons. The Morgan fingerprint density at radius 1 is 1.45 bits per heavy atom. The van der Waals surface area contributed by atoms with Crippen molar-refractivity contribution in [1.29, 1.82) is 0 Å². The van der Waals surface area contributed by atoms with Crippen molar-refractivity contribution in [3.8, 4) is 0 Å². The Kier molecular flexibility index (Phi) is 6.19. The van der Waals surface area contributed by atoms with E-state index in [0.717, 1.165) is 13.0 Å². The number of nitrogens with zero attached hydrogens (tertiary/aromatic N) is 1. The Balaban J connectivity index is 2.55. The van der Waals surface area contributed by atoms with Crippen LogP contribution in [0, 0.1) is 6.92 Å². The molecule has 0 saturated carbocycles. The zero-order chi connectivity index (χ0) is 15.3. The monoisotopic (exact) mass is 303 g/mol. The van der Waals surface area contributed by atoms with Gasteiger partial charge >= 0.3 is 0 Å². The third-order valence-electron chi connectivity index (χ3n) is 3.28. The molecule has 1 rings (SSSR count). The van der Waals surface area contributed by atoms with Gasteiger partial charge in [-0.25, -0.2) is 13.1 Å². The van der Waals surface area contributed by atoms with Gasteiger partial charge in [0, 0.05) is 18.7 Å². The maximum absolute atomic E-state index is 12.1. The maximum atomic E-state index is 12.1. The molecule has 0 aliphatic heterocycles. The number of sulfonamides is 1. The molecule has 6 nitrogen and oxygen atoms in total.